The predicted molar refractivity (Wildman–Crippen MR) is 65.5 cm³/mol. The normalized spacial score (nSPS) is 11.4. The highest BCUT2D eigenvalue weighted by Crippen LogP contribution is 2.14. The minimum absolute atomic E-state index is 0.332. The Balaban J connectivity index is 2.54. The fraction of sp³-hybridized carbons (Fsp3) is 0.455. The lowest BCUT2D eigenvalue weighted by Gasteiger charge is -2.07. The van der Waals surface area contributed by atoms with Crippen LogP contribution in [0.1, 0.15) is 5.56 Å². The summed E-state index contributed by atoms with van der Waals surface area (Å²) in [6.07, 6.45) is 1.02. The zero-order valence-corrected chi connectivity index (χ0v) is 10.8. The molecule has 0 atom stereocenters. The van der Waals surface area contributed by atoms with Crippen molar-refractivity contribution >= 4 is 10.1 Å². The number of hydrogen-bond donors (Lipinski definition) is 1. The van der Waals surface area contributed by atoms with Gasteiger partial charge in [-0.2, -0.15) is 8.42 Å². The Bertz CT molecular complexity index is 445. The molecule has 1 aromatic rings. The molecule has 1 N–H and O–H groups in total. The number of hydrogen-bond acceptors (Lipinski definition) is 5. The molecule has 0 radical (unpaired) electrons. The second-order valence-electron chi connectivity index (χ2n) is 3.60. The summed E-state index contributed by atoms with van der Waals surface area (Å²) in [6, 6.07) is 6.96. The van der Waals surface area contributed by atoms with E-state index in [1.54, 1.807) is 25.3 Å². The fourth-order valence-corrected chi connectivity index (χ4v) is 1.74. The summed E-state index contributed by atoms with van der Waals surface area (Å²) in [7, 11) is -1.82. The maximum absolute atomic E-state index is 11.0. The van der Waals surface area contributed by atoms with Crippen LogP contribution in [0.25, 0.3) is 0 Å². The third-order valence-electron chi connectivity index (χ3n) is 1.96. The van der Waals surface area contributed by atoms with Crippen LogP contribution in [0.3, 0.4) is 0 Å². The quantitative estimate of drug-likeness (QED) is 0.578. The highest BCUT2D eigenvalue weighted by Gasteiger charge is 2.04. The molecule has 96 valence electrons. The largest absolute Gasteiger partial charge is 0.383 e. The van der Waals surface area contributed by atoms with Crippen LogP contribution in [0.2, 0.25) is 0 Å². The first-order valence-corrected chi connectivity index (χ1v) is 7.01. The lowest BCUT2D eigenvalue weighted by molar-refractivity contribution is 0.199. The van der Waals surface area contributed by atoms with E-state index in [1.807, 2.05) is 6.07 Å². The van der Waals surface area contributed by atoms with Gasteiger partial charge in [0.25, 0.3) is 0 Å². The van der Waals surface area contributed by atoms with Crippen LogP contribution in [0.4, 0.5) is 0 Å². The summed E-state index contributed by atoms with van der Waals surface area (Å²) >= 11 is 0. The highest BCUT2D eigenvalue weighted by molar-refractivity contribution is 7.86. The Labute approximate surface area is 102 Å². The lowest BCUT2D eigenvalue weighted by Crippen LogP contribution is -2.18. The van der Waals surface area contributed by atoms with E-state index in [0.29, 0.717) is 18.9 Å². The molecule has 6 heteroatoms. The van der Waals surface area contributed by atoms with Gasteiger partial charge in [-0.25, -0.2) is 0 Å². The Hall–Kier alpha value is -1.11. The van der Waals surface area contributed by atoms with Crippen molar-refractivity contribution in [2.24, 2.45) is 0 Å². The zero-order chi connectivity index (χ0) is 12.7. The smallest absolute Gasteiger partial charge is 0.306 e. The van der Waals surface area contributed by atoms with E-state index in [1.165, 1.54) is 0 Å². The average Bonchev–Trinajstić information content (AvgIpc) is 2.23. The molecule has 0 aliphatic heterocycles. The van der Waals surface area contributed by atoms with Crippen LogP contribution >= 0.6 is 0 Å². The van der Waals surface area contributed by atoms with E-state index >= 15 is 0 Å². The molecule has 0 unspecified atom stereocenters. The van der Waals surface area contributed by atoms with Gasteiger partial charge in [0.1, 0.15) is 5.75 Å². The molecule has 0 bridgehead atoms. The Morgan fingerprint density at radius 3 is 2.76 bits per heavy atom. The van der Waals surface area contributed by atoms with Gasteiger partial charge in [0.2, 0.25) is 0 Å². The second-order valence-corrected chi connectivity index (χ2v) is 5.18. The van der Waals surface area contributed by atoms with Crippen LogP contribution in [0.5, 0.6) is 5.75 Å². The molecule has 5 nitrogen and oxygen atoms in total. The Morgan fingerprint density at radius 2 is 2.12 bits per heavy atom. The van der Waals surface area contributed by atoms with Crippen molar-refractivity contribution in [2.75, 3.05) is 26.5 Å². The van der Waals surface area contributed by atoms with Crippen molar-refractivity contribution in [3.63, 3.8) is 0 Å². The van der Waals surface area contributed by atoms with Gasteiger partial charge in [-0.1, -0.05) is 12.1 Å². The van der Waals surface area contributed by atoms with Crippen LogP contribution in [-0.4, -0.2) is 34.9 Å². The number of rotatable bonds is 7. The van der Waals surface area contributed by atoms with E-state index in [2.05, 4.69) is 5.32 Å². The van der Waals surface area contributed by atoms with E-state index in [-0.39, 0.29) is 0 Å². The van der Waals surface area contributed by atoms with Gasteiger partial charge in [-0.05, 0) is 17.7 Å². The molecule has 0 aromatic heterocycles. The monoisotopic (exact) mass is 259 g/mol. The van der Waals surface area contributed by atoms with Gasteiger partial charge in [-0.15, -0.1) is 0 Å². The summed E-state index contributed by atoms with van der Waals surface area (Å²) in [5.74, 6) is 0.332. The Kier molecular flexibility index (Phi) is 5.40. The standard InChI is InChI=1S/C11H17NO4S/c1-15-7-6-12-9-10-4-3-5-11(8-10)16-17(2,13)14/h3-5,8,12H,6-7,9H2,1-2H3. The first-order chi connectivity index (χ1) is 8.01. The third-order valence-corrected chi connectivity index (χ3v) is 2.45. The van der Waals surface area contributed by atoms with Gasteiger partial charge >= 0.3 is 10.1 Å². The molecule has 0 saturated carbocycles. The number of benzene rings is 1. The van der Waals surface area contributed by atoms with Crippen molar-refractivity contribution in [3.05, 3.63) is 29.8 Å². The maximum atomic E-state index is 11.0. The second kappa shape index (κ2) is 6.58. The van der Waals surface area contributed by atoms with Crippen molar-refractivity contribution in [2.45, 2.75) is 6.54 Å². The number of methoxy groups -OCH3 is 1. The molecule has 0 spiro atoms. The van der Waals surface area contributed by atoms with Crippen LogP contribution in [0.15, 0.2) is 24.3 Å². The molecule has 0 fully saturated rings. The third kappa shape index (κ3) is 6.25. The van der Waals surface area contributed by atoms with E-state index in [9.17, 15) is 8.42 Å². The summed E-state index contributed by atoms with van der Waals surface area (Å²) in [5.41, 5.74) is 0.960. The van der Waals surface area contributed by atoms with Crippen molar-refractivity contribution < 1.29 is 17.3 Å². The molecule has 0 amide bonds. The number of ether oxygens (including phenoxy) is 1. The van der Waals surface area contributed by atoms with Gasteiger partial charge < -0.3 is 14.2 Å². The summed E-state index contributed by atoms with van der Waals surface area (Å²) in [5, 5.41) is 3.16. The Morgan fingerprint density at radius 1 is 1.35 bits per heavy atom. The summed E-state index contributed by atoms with van der Waals surface area (Å²) in [6.45, 7) is 2.03. The van der Waals surface area contributed by atoms with Crippen LogP contribution in [0, 0.1) is 0 Å². The molecule has 0 aliphatic carbocycles. The topological polar surface area (TPSA) is 64.6 Å². The summed E-state index contributed by atoms with van der Waals surface area (Å²) in [4.78, 5) is 0. The zero-order valence-electron chi connectivity index (χ0n) is 9.97. The van der Waals surface area contributed by atoms with Crippen molar-refractivity contribution in [3.8, 4) is 5.75 Å². The molecule has 0 aliphatic rings. The number of nitrogens with one attached hydrogen (secondary N) is 1. The molecule has 0 saturated heterocycles. The van der Waals surface area contributed by atoms with E-state index in [0.717, 1.165) is 18.4 Å². The SMILES string of the molecule is COCCNCc1cccc(OS(C)(=O)=O)c1. The molecular weight excluding hydrogens is 242 g/mol. The van der Waals surface area contributed by atoms with Gasteiger partial charge in [0.15, 0.2) is 0 Å². The fourth-order valence-electron chi connectivity index (χ4n) is 1.29. The van der Waals surface area contributed by atoms with E-state index < -0.39 is 10.1 Å². The predicted octanol–water partition coefficient (Wildman–Crippen LogP) is 0.761. The van der Waals surface area contributed by atoms with Crippen molar-refractivity contribution in [1.82, 2.24) is 5.32 Å². The molecule has 1 aromatic carbocycles. The van der Waals surface area contributed by atoms with Crippen LogP contribution < -0.4 is 9.50 Å². The van der Waals surface area contributed by atoms with Gasteiger partial charge in [0, 0.05) is 20.2 Å². The minimum atomic E-state index is -3.46. The first-order valence-electron chi connectivity index (χ1n) is 5.19. The molecule has 1 rings (SSSR count). The van der Waals surface area contributed by atoms with Gasteiger partial charge in [-0.3, -0.25) is 0 Å². The first kappa shape index (κ1) is 14.0. The summed E-state index contributed by atoms with van der Waals surface area (Å²) < 4.78 is 31.6. The molecular formula is C11H17NO4S. The van der Waals surface area contributed by atoms with Crippen LogP contribution in [-0.2, 0) is 21.4 Å². The average molecular weight is 259 g/mol. The molecule has 17 heavy (non-hydrogen) atoms. The highest BCUT2D eigenvalue weighted by atomic mass is 32.2. The maximum Gasteiger partial charge on any atom is 0.306 e. The van der Waals surface area contributed by atoms with Gasteiger partial charge in [0.05, 0.1) is 12.9 Å². The lowest BCUT2D eigenvalue weighted by atomic mass is 10.2. The van der Waals surface area contributed by atoms with Crippen molar-refractivity contribution in [1.29, 1.82) is 0 Å². The minimum Gasteiger partial charge on any atom is -0.383 e. The molecule has 0 heterocycles. The van der Waals surface area contributed by atoms with E-state index in [4.69, 9.17) is 8.92 Å².